The summed E-state index contributed by atoms with van der Waals surface area (Å²) in [7, 11) is 0. The van der Waals surface area contributed by atoms with E-state index in [1.807, 2.05) is 11.3 Å². The molecule has 0 saturated heterocycles. The van der Waals surface area contributed by atoms with E-state index in [1.165, 1.54) is 9.75 Å². The maximum atomic E-state index is 6.06. The fraction of sp³-hybridized carbons (Fsp3) is 0.667. The van der Waals surface area contributed by atoms with Crippen LogP contribution in [0.2, 0.25) is 0 Å². The standard InChI is InChI=1S/C12H21NS/c1-4-11-5-6-12(14-11)8-10(13)7-9(2)3/h5-6,9-10H,4,7-8,13H2,1-3H3. The largest absolute Gasteiger partial charge is 0.327 e. The molecule has 0 amide bonds. The number of hydrogen-bond acceptors (Lipinski definition) is 2. The van der Waals surface area contributed by atoms with Gasteiger partial charge in [0.2, 0.25) is 0 Å². The normalized spacial score (nSPS) is 13.5. The molecule has 2 N–H and O–H groups in total. The highest BCUT2D eigenvalue weighted by molar-refractivity contribution is 7.11. The van der Waals surface area contributed by atoms with Gasteiger partial charge in [-0.25, -0.2) is 0 Å². The van der Waals surface area contributed by atoms with Crippen molar-refractivity contribution in [3.63, 3.8) is 0 Å². The Balaban J connectivity index is 2.43. The third-order valence-corrected chi connectivity index (χ3v) is 3.56. The molecule has 0 aliphatic heterocycles. The fourth-order valence-corrected chi connectivity index (χ4v) is 2.72. The van der Waals surface area contributed by atoms with Gasteiger partial charge in [-0.3, -0.25) is 0 Å². The Hall–Kier alpha value is -0.340. The second-order valence-electron chi connectivity index (χ2n) is 4.32. The summed E-state index contributed by atoms with van der Waals surface area (Å²) in [6.45, 7) is 6.65. The highest BCUT2D eigenvalue weighted by Gasteiger charge is 2.08. The molecular formula is C12H21NS. The molecule has 0 aromatic carbocycles. The first-order valence-electron chi connectivity index (χ1n) is 5.45. The number of nitrogens with two attached hydrogens (primary N) is 1. The van der Waals surface area contributed by atoms with E-state index in [1.54, 1.807) is 0 Å². The summed E-state index contributed by atoms with van der Waals surface area (Å²) < 4.78 is 0. The molecule has 0 aliphatic carbocycles. The first-order valence-corrected chi connectivity index (χ1v) is 6.26. The summed E-state index contributed by atoms with van der Waals surface area (Å²) in [6.07, 6.45) is 3.31. The van der Waals surface area contributed by atoms with Crippen LogP contribution in [0.15, 0.2) is 12.1 Å². The average molecular weight is 211 g/mol. The topological polar surface area (TPSA) is 26.0 Å². The zero-order chi connectivity index (χ0) is 10.6. The van der Waals surface area contributed by atoms with Crippen molar-refractivity contribution in [3.8, 4) is 0 Å². The molecule has 0 aliphatic rings. The van der Waals surface area contributed by atoms with Crippen LogP contribution in [-0.4, -0.2) is 6.04 Å². The molecule has 2 heteroatoms. The molecule has 0 saturated carbocycles. The maximum absolute atomic E-state index is 6.06. The van der Waals surface area contributed by atoms with E-state index in [9.17, 15) is 0 Å². The minimum absolute atomic E-state index is 0.332. The second-order valence-corrected chi connectivity index (χ2v) is 5.57. The van der Waals surface area contributed by atoms with Crippen molar-refractivity contribution in [3.05, 3.63) is 21.9 Å². The van der Waals surface area contributed by atoms with Gasteiger partial charge in [0.15, 0.2) is 0 Å². The fourth-order valence-electron chi connectivity index (χ4n) is 1.67. The average Bonchev–Trinajstić information content (AvgIpc) is 2.50. The summed E-state index contributed by atoms with van der Waals surface area (Å²) in [5, 5.41) is 0. The van der Waals surface area contributed by atoms with Crippen molar-refractivity contribution in [2.45, 2.75) is 46.1 Å². The van der Waals surface area contributed by atoms with Crippen molar-refractivity contribution < 1.29 is 0 Å². The lowest BCUT2D eigenvalue weighted by Crippen LogP contribution is -2.24. The van der Waals surface area contributed by atoms with E-state index in [0.717, 1.165) is 19.3 Å². The van der Waals surface area contributed by atoms with Crippen molar-refractivity contribution in [1.29, 1.82) is 0 Å². The van der Waals surface area contributed by atoms with E-state index in [2.05, 4.69) is 32.9 Å². The monoisotopic (exact) mass is 211 g/mol. The molecule has 14 heavy (non-hydrogen) atoms. The summed E-state index contributed by atoms with van der Waals surface area (Å²) in [5.41, 5.74) is 6.06. The van der Waals surface area contributed by atoms with Gasteiger partial charge in [0, 0.05) is 15.8 Å². The van der Waals surface area contributed by atoms with Gasteiger partial charge in [-0.15, -0.1) is 11.3 Å². The molecule has 1 unspecified atom stereocenters. The van der Waals surface area contributed by atoms with Gasteiger partial charge in [-0.05, 0) is 37.3 Å². The first kappa shape index (κ1) is 11.7. The SMILES string of the molecule is CCc1ccc(CC(N)CC(C)C)s1. The lowest BCUT2D eigenvalue weighted by Gasteiger charge is -2.12. The zero-order valence-corrected chi connectivity index (χ0v) is 10.2. The van der Waals surface area contributed by atoms with Crippen molar-refractivity contribution in [1.82, 2.24) is 0 Å². The van der Waals surface area contributed by atoms with Crippen LogP contribution in [0.4, 0.5) is 0 Å². The van der Waals surface area contributed by atoms with Crippen LogP contribution in [0.25, 0.3) is 0 Å². The molecule has 0 spiro atoms. The third kappa shape index (κ3) is 3.81. The van der Waals surface area contributed by atoms with Crippen LogP contribution >= 0.6 is 11.3 Å². The number of rotatable bonds is 5. The smallest absolute Gasteiger partial charge is 0.00896 e. The predicted molar refractivity (Wildman–Crippen MR) is 64.8 cm³/mol. The highest BCUT2D eigenvalue weighted by Crippen LogP contribution is 2.19. The number of aryl methyl sites for hydroxylation is 1. The quantitative estimate of drug-likeness (QED) is 0.795. The molecule has 1 rings (SSSR count). The maximum Gasteiger partial charge on any atom is 0.00896 e. The molecule has 1 atom stereocenters. The second kappa shape index (κ2) is 5.52. The molecule has 80 valence electrons. The Morgan fingerprint density at radius 2 is 1.93 bits per heavy atom. The van der Waals surface area contributed by atoms with Gasteiger partial charge in [0.1, 0.15) is 0 Å². The Labute approximate surface area is 91.3 Å². The molecule has 1 heterocycles. The van der Waals surface area contributed by atoms with Crippen molar-refractivity contribution in [2.75, 3.05) is 0 Å². The van der Waals surface area contributed by atoms with E-state index < -0.39 is 0 Å². The van der Waals surface area contributed by atoms with Gasteiger partial charge >= 0.3 is 0 Å². The third-order valence-electron chi connectivity index (χ3n) is 2.30. The number of hydrogen-bond donors (Lipinski definition) is 1. The Morgan fingerprint density at radius 3 is 2.43 bits per heavy atom. The summed E-state index contributed by atoms with van der Waals surface area (Å²) in [4.78, 5) is 2.91. The Bertz CT molecular complexity index is 265. The lowest BCUT2D eigenvalue weighted by molar-refractivity contribution is 0.495. The molecule has 1 nitrogen and oxygen atoms in total. The summed E-state index contributed by atoms with van der Waals surface area (Å²) in [6, 6.07) is 4.78. The predicted octanol–water partition coefficient (Wildman–Crippen LogP) is 3.23. The molecular weight excluding hydrogens is 190 g/mol. The number of thiophene rings is 1. The van der Waals surface area contributed by atoms with Crippen LogP contribution in [0.1, 0.15) is 36.9 Å². The van der Waals surface area contributed by atoms with Crippen LogP contribution in [-0.2, 0) is 12.8 Å². The Morgan fingerprint density at radius 1 is 1.29 bits per heavy atom. The van der Waals surface area contributed by atoms with Crippen LogP contribution in [0, 0.1) is 5.92 Å². The summed E-state index contributed by atoms with van der Waals surface area (Å²) >= 11 is 1.91. The van der Waals surface area contributed by atoms with Gasteiger partial charge in [-0.1, -0.05) is 20.8 Å². The van der Waals surface area contributed by atoms with Gasteiger partial charge in [0.25, 0.3) is 0 Å². The zero-order valence-electron chi connectivity index (χ0n) is 9.42. The van der Waals surface area contributed by atoms with E-state index in [-0.39, 0.29) is 0 Å². The van der Waals surface area contributed by atoms with Crippen molar-refractivity contribution in [2.24, 2.45) is 11.7 Å². The summed E-state index contributed by atoms with van der Waals surface area (Å²) in [5.74, 6) is 0.704. The molecule has 0 fully saturated rings. The van der Waals surface area contributed by atoms with Gasteiger partial charge in [0.05, 0.1) is 0 Å². The lowest BCUT2D eigenvalue weighted by atomic mass is 10.0. The van der Waals surface area contributed by atoms with E-state index in [0.29, 0.717) is 12.0 Å². The Kier molecular flexibility index (Phi) is 4.63. The molecule has 0 bridgehead atoms. The van der Waals surface area contributed by atoms with Crippen molar-refractivity contribution >= 4 is 11.3 Å². The molecule has 0 radical (unpaired) electrons. The van der Waals surface area contributed by atoms with Gasteiger partial charge < -0.3 is 5.73 Å². The van der Waals surface area contributed by atoms with Crippen LogP contribution in [0.3, 0.4) is 0 Å². The van der Waals surface area contributed by atoms with Gasteiger partial charge in [-0.2, -0.15) is 0 Å². The highest BCUT2D eigenvalue weighted by atomic mass is 32.1. The van der Waals surface area contributed by atoms with Crippen LogP contribution < -0.4 is 5.73 Å². The molecule has 1 aromatic heterocycles. The van der Waals surface area contributed by atoms with E-state index >= 15 is 0 Å². The minimum atomic E-state index is 0.332. The first-order chi connectivity index (χ1) is 6.61. The van der Waals surface area contributed by atoms with E-state index in [4.69, 9.17) is 5.73 Å². The molecule has 1 aromatic rings. The van der Waals surface area contributed by atoms with Crippen LogP contribution in [0.5, 0.6) is 0 Å². The minimum Gasteiger partial charge on any atom is -0.327 e.